The normalized spacial score (nSPS) is 58.2. The summed E-state index contributed by atoms with van der Waals surface area (Å²) in [4.78, 5) is 12.3. The number of hydrogen-bond donors (Lipinski definition) is 3. The van der Waals surface area contributed by atoms with Crippen LogP contribution in [0.3, 0.4) is 0 Å². The molecule has 4 heteroatoms. The third-order valence-electron chi connectivity index (χ3n) is 9.34. The van der Waals surface area contributed by atoms with E-state index in [1.165, 1.54) is 6.92 Å². The smallest absolute Gasteiger partial charge is 0.161 e. The lowest BCUT2D eigenvalue weighted by Crippen LogP contribution is -2.59. The summed E-state index contributed by atoms with van der Waals surface area (Å²) < 4.78 is 0. The fourth-order valence-corrected chi connectivity index (χ4v) is 7.89. The standard InChI is InChI=1S/C21H34O4/c1-12(22)21(25)11-17(24)18-15-5-4-13-10-14(23)6-8-19(13,2)16(15)7-9-20(18,21)3/h13-18,23-25H,4-11H2,1-3H3/t13-,14-,15+,16-,17+,18+,19-,20-,21-/m0/s1. The van der Waals surface area contributed by atoms with Gasteiger partial charge in [-0.15, -0.1) is 0 Å². The predicted molar refractivity (Wildman–Crippen MR) is 94.8 cm³/mol. The first-order chi connectivity index (χ1) is 11.6. The topological polar surface area (TPSA) is 77.8 Å². The summed E-state index contributed by atoms with van der Waals surface area (Å²) in [5.41, 5.74) is -1.64. The molecule has 4 aliphatic rings. The highest BCUT2D eigenvalue weighted by atomic mass is 16.3. The van der Waals surface area contributed by atoms with Crippen molar-refractivity contribution >= 4 is 5.78 Å². The number of carbonyl (C=O) groups is 1. The molecule has 0 amide bonds. The minimum absolute atomic E-state index is 0.0183. The first kappa shape index (κ1) is 17.9. The highest BCUT2D eigenvalue weighted by Crippen LogP contribution is 2.68. The van der Waals surface area contributed by atoms with E-state index >= 15 is 0 Å². The lowest BCUT2D eigenvalue weighted by molar-refractivity contribution is -0.173. The number of carbonyl (C=O) groups excluding carboxylic acids is 1. The number of aliphatic hydroxyl groups excluding tert-OH is 2. The molecule has 0 aliphatic heterocycles. The van der Waals surface area contributed by atoms with Gasteiger partial charge in [-0.2, -0.15) is 0 Å². The zero-order valence-electron chi connectivity index (χ0n) is 15.9. The van der Waals surface area contributed by atoms with Crippen LogP contribution >= 0.6 is 0 Å². The van der Waals surface area contributed by atoms with E-state index in [2.05, 4.69) is 6.92 Å². The van der Waals surface area contributed by atoms with Gasteiger partial charge in [0, 0.05) is 11.8 Å². The van der Waals surface area contributed by atoms with Crippen molar-refractivity contribution in [2.24, 2.45) is 34.5 Å². The molecule has 0 aromatic heterocycles. The Morgan fingerprint density at radius 3 is 2.44 bits per heavy atom. The summed E-state index contributed by atoms with van der Waals surface area (Å²) >= 11 is 0. The molecule has 4 fully saturated rings. The minimum atomic E-state index is -1.37. The molecule has 0 heterocycles. The van der Waals surface area contributed by atoms with Crippen LogP contribution in [0.5, 0.6) is 0 Å². The summed E-state index contributed by atoms with van der Waals surface area (Å²) in [6, 6.07) is 0. The Balaban J connectivity index is 1.69. The number of Topliss-reactive ketones (excluding diaryl/α,β-unsaturated/α-hetero) is 1. The monoisotopic (exact) mass is 350 g/mol. The first-order valence-corrected chi connectivity index (χ1v) is 10.2. The molecule has 0 aromatic rings. The largest absolute Gasteiger partial charge is 0.393 e. The molecule has 0 aromatic carbocycles. The lowest BCUT2D eigenvalue weighted by atomic mass is 9.44. The number of fused-ring (bicyclic) bond motifs is 5. The second-order valence-corrected chi connectivity index (χ2v) is 10.1. The average molecular weight is 350 g/mol. The maximum absolute atomic E-state index is 12.3. The van der Waals surface area contributed by atoms with Crippen LogP contribution in [-0.2, 0) is 4.79 Å². The van der Waals surface area contributed by atoms with E-state index in [1.807, 2.05) is 6.92 Å². The number of aliphatic hydroxyl groups is 3. The van der Waals surface area contributed by atoms with Crippen molar-refractivity contribution in [1.82, 2.24) is 0 Å². The summed E-state index contributed by atoms with van der Waals surface area (Å²) in [6.45, 7) is 5.93. The van der Waals surface area contributed by atoms with Crippen LogP contribution in [0, 0.1) is 34.5 Å². The maximum atomic E-state index is 12.3. The van der Waals surface area contributed by atoms with Crippen molar-refractivity contribution in [3.05, 3.63) is 0 Å². The van der Waals surface area contributed by atoms with Crippen LogP contribution in [-0.4, -0.2) is 38.9 Å². The van der Waals surface area contributed by atoms with Crippen molar-refractivity contribution < 1.29 is 20.1 Å². The lowest BCUT2D eigenvalue weighted by Gasteiger charge is -2.61. The zero-order chi connectivity index (χ0) is 18.2. The van der Waals surface area contributed by atoms with Gasteiger partial charge in [0.25, 0.3) is 0 Å². The van der Waals surface area contributed by atoms with Crippen LogP contribution < -0.4 is 0 Å². The first-order valence-electron chi connectivity index (χ1n) is 10.2. The summed E-state index contributed by atoms with van der Waals surface area (Å²) in [5, 5.41) is 32.2. The second-order valence-electron chi connectivity index (χ2n) is 10.1. The summed E-state index contributed by atoms with van der Waals surface area (Å²) in [7, 11) is 0. The molecule has 25 heavy (non-hydrogen) atoms. The highest BCUT2D eigenvalue weighted by molar-refractivity contribution is 5.86. The molecule has 4 aliphatic carbocycles. The van der Waals surface area contributed by atoms with E-state index in [0.717, 1.165) is 44.9 Å². The van der Waals surface area contributed by atoms with Gasteiger partial charge in [0.15, 0.2) is 5.78 Å². The van der Waals surface area contributed by atoms with E-state index in [1.54, 1.807) is 0 Å². The third kappa shape index (κ3) is 2.20. The van der Waals surface area contributed by atoms with E-state index in [-0.39, 0.29) is 29.6 Å². The Morgan fingerprint density at radius 2 is 1.76 bits per heavy atom. The molecule has 0 radical (unpaired) electrons. The SMILES string of the molecule is CC(=O)[C@@]1(O)C[C@@H](O)[C@H]2[C@@H]3CC[C@H]4C[C@@H](O)CC[C@]4(C)[C@H]3CC[C@@]21C. The van der Waals surface area contributed by atoms with E-state index in [4.69, 9.17) is 0 Å². The van der Waals surface area contributed by atoms with Gasteiger partial charge in [0.05, 0.1) is 12.2 Å². The molecule has 9 atom stereocenters. The van der Waals surface area contributed by atoms with Crippen LogP contribution in [0.15, 0.2) is 0 Å². The van der Waals surface area contributed by atoms with Gasteiger partial charge < -0.3 is 15.3 Å². The molecule has 3 N–H and O–H groups in total. The van der Waals surface area contributed by atoms with E-state index in [0.29, 0.717) is 17.8 Å². The highest BCUT2D eigenvalue weighted by Gasteiger charge is 2.68. The number of rotatable bonds is 1. The molecular weight excluding hydrogens is 316 g/mol. The minimum Gasteiger partial charge on any atom is -0.393 e. The molecule has 4 rings (SSSR count). The van der Waals surface area contributed by atoms with Crippen LogP contribution in [0.1, 0.15) is 72.1 Å². The van der Waals surface area contributed by atoms with Crippen molar-refractivity contribution in [3.63, 3.8) is 0 Å². The van der Waals surface area contributed by atoms with Crippen molar-refractivity contribution in [2.75, 3.05) is 0 Å². The van der Waals surface area contributed by atoms with Gasteiger partial charge in [-0.3, -0.25) is 4.79 Å². The third-order valence-corrected chi connectivity index (χ3v) is 9.34. The molecular formula is C21H34O4. The van der Waals surface area contributed by atoms with Gasteiger partial charge in [-0.1, -0.05) is 13.8 Å². The Morgan fingerprint density at radius 1 is 1.04 bits per heavy atom. The van der Waals surface area contributed by atoms with Crippen molar-refractivity contribution in [3.8, 4) is 0 Å². The Labute approximate surface area is 151 Å². The van der Waals surface area contributed by atoms with E-state index < -0.39 is 17.1 Å². The molecule has 0 saturated heterocycles. The fraction of sp³-hybridized carbons (Fsp3) is 0.952. The van der Waals surface area contributed by atoms with Crippen LogP contribution in [0.25, 0.3) is 0 Å². The zero-order valence-corrected chi connectivity index (χ0v) is 15.9. The molecule has 4 nitrogen and oxygen atoms in total. The van der Waals surface area contributed by atoms with Gasteiger partial charge >= 0.3 is 0 Å². The average Bonchev–Trinajstić information content (AvgIpc) is 2.75. The Hall–Kier alpha value is -0.450. The van der Waals surface area contributed by atoms with Gasteiger partial charge in [0.2, 0.25) is 0 Å². The quantitative estimate of drug-likeness (QED) is 0.679. The number of hydrogen-bond acceptors (Lipinski definition) is 4. The summed E-state index contributed by atoms with van der Waals surface area (Å²) in [5.74, 6) is 1.34. The molecule has 4 saturated carbocycles. The maximum Gasteiger partial charge on any atom is 0.161 e. The van der Waals surface area contributed by atoms with Gasteiger partial charge in [-0.25, -0.2) is 0 Å². The van der Waals surface area contributed by atoms with Gasteiger partial charge in [-0.05, 0) is 81.0 Å². The van der Waals surface area contributed by atoms with Crippen molar-refractivity contribution in [2.45, 2.75) is 89.9 Å². The molecule has 0 unspecified atom stereocenters. The summed E-state index contributed by atoms with van der Waals surface area (Å²) in [6.07, 6.45) is 6.35. The second kappa shape index (κ2) is 5.53. The Kier molecular flexibility index (Phi) is 3.97. The van der Waals surface area contributed by atoms with Crippen LogP contribution in [0.2, 0.25) is 0 Å². The van der Waals surface area contributed by atoms with Gasteiger partial charge in [0.1, 0.15) is 5.60 Å². The molecule has 0 spiro atoms. The predicted octanol–water partition coefficient (Wildman–Crippen LogP) is 2.68. The molecule has 0 bridgehead atoms. The van der Waals surface area contributed by atoms with Crippen molar-refractivity contribution in [1.29, 1.82) is 0 Å². The van der Waals surface area contributed by atoms with E-state index in [9.17, 15) is 20.1 Å². The Bertz CT molecular complexity index is 576. The molecule has 142 valence electrons. The number of ketones is 1. The van der Waals surface area contributed by atoms with Crippen LogP contribution in [0.4, 0.5) is 0 Å². The fourth-order valence-electron chi connectivity index (χ4n) is 7.89.